The van der Waals surface area contributed by atoms with Crippen molar-refractivity contribution < 1.29 is 9.84 Å². The van der Waals surface area contributed by atoms with E-state index in [-0.39, 0.29) is 6.10 Å². The zero-order valence-corrected chi connectivity index (χ0v) is 13.1. The van der Waals surface area contributed by atoms with Crippen molar-refractivity contribution in [3.8, 4) is 0 Å². The van der Waals surface area contributed by atoms with Crippen LogP contribution < -0.4 is 5.73 Å². The second kappa shape index (κ2) is 14.9. The number of hydrogen-bond acceptors (Lipinski definition) is 3. The SMILES string of the molecule is CC.CCCCC1CC(C)OC(O)C1.CCCN. The van der Waals surface area contributed by atoms with E-state index < -0.39 is 6.29 Å². The first-order valence-electron chi connectivity index (χ1n) is 7.67. The second-order valence-electron chi connectivity index (χ2n) is 4.67. The van der Waals surface area contributed by atoms with Crippen molar-refractivity contribution in [1.29, 1.82) is 0 Å². The van der Waals surface area contributed by atoms with Crippen LogP contribution in [-0.2, 0) is 4.74 Å². The Balaban J connectivity index is 0. The van der Waals surface area contributed by atoms with Crippen LogP contribution in [-0.4, -0.2) is 24.0 Å². The van der Waals surface area contributed by atoms with E-state index >= 15 is 0 Å². The molecule has 3 nitrogen and oxygen atoms in total. The highest BCUT2D eigenvalue weighted by atomic mass is 16.6. The van der Waals surface area contributed by atoms with Gasteiger partial charge < -0.3 is 15.6 Å². The Morgan fingerprint density at radius 2 is 1.72 bits per heavy atom. The molecule has 0 spiro atoms. The summed E-state index contributed by atoms with van der Waals surface area (Å²) in [7, 11) is 0. The summed E-state index contributed by atoms with van der Waals surface area (Å²) in [6, 6.07) is 0. The molecule has 1 aliphatic heterocycles. The van der Waals surface area contributed by atoms with Gasteiger partial charge in [0, 0.05) is 6.42 Å². The van der Waals surface area contributed by atoms with E-state index in [0.29, 0.717) is 5.92 Å². The maximum atomic E-state index is 9.33. The summed E-state index contributed by atoms with van der Waals surface area (Å²) in [5, 5.41) is 9.33. The van der Waals surface area contributed by atoms with E-state index in [4.69, 9.17) is 10.5 Å². The Bertz CT molecular complexity index is 141. The van der Waals surface area contributed by atoms with Crippen LogP contribution in [0.25, 0.3) is 0 Å². The Kier molecular flexibility index (Phi) is 16.8. The molecule has 0 amide bonds. The normalized spacial score (nSPS) is 26.5. The number of hydrogen-bond donors (Lipinski definition) is 2. The third kappa shape index (κ3) is 12.3. The number of aliphatic hydroxyl groups is 1. The first-order valence-corrected chi connectivity index (χ1v) is 7.67. The van der Waals surface area contributed by atoms with Gasteiger partial charge in [0.2, 0.25) is 0 Å². The van der Waals surface area contributed by atoms with Crippen molar-refractivity contribution in [2.75, 3.05) is 6.54 Å². The molecular weight excluding hydrogens is 226 g/mol. The molecule has 0 aromatic carbocycles. The van der Waals surface area contributed by atoms with Gasteiger partial charge in [0.05, 0.1) is 6.10 Å². The summed E-state index contributed by atoms with van der Waals surface area (Å²) in [5.41, 5.74) is 5.03. The van der Waals surface area contributed by atoms with E-state index in [1.165, 1.54) is 19.3 Å². The molecule has 112 valence electrons. The Labute approximate surface area is 114 Å². The molecule has 1 aliphatic rings. The van der Waals surface area contributed by atoms with Crippen LogP contribution in [0.5, 0.6) is 0 Å². The van der Waals surface area contributed by atoms with Gasteiger partial charge in [-0.15, -0.1) is 0 Å². The number of aliphatic hydroxyl groups excluding tert-OH is 1. The van der Waals surface area contributed by atoms with Crippen LogP contribution in [0, 0.1) is 5.92 Å². The van der Waals surface area contributed by atoms with E-state index in [1.807, 2.05) is 20.8 Å². The van der Waals surface area contributed by atoms with Gasteiger partial charge in [-0.05, 0) is 32.2 Å². The summed E-state index contributed by atoms with van der Waals surface area (Å²) < 4.78 is 5.25. The molecule has 1 fully saturated rings. The molecule has 1 heterocycles. The van der Waals surface area contributed by atoms with Gasteiger partial charge in [-0.1, -0.05) is 47.0 Å². The topological polar surface area (TPSA) is 55.5 Å². The predicted molar refractivity (Wildman–Crippen MR) is 79.5 cm³/mol. The lowest BCUT2D eigenvalue weighted by molar-refractivity contribution is -0.172. The standard InChI is InChI=1S/C10H20O2.C3H9N.C2H6/c1-3-4-5-9-6-8(2)12-10(11)7-9;1-2-3-4;1-2/h8-11H,3-7H2,1-2H3;2-4H2,1H3;1-2H3. The molecule has 0 aromatic rings. The van der Waals surface area contributed by atoms with E-state index in [9.17, 15) is 5.11 Å². The molecule has 0 bridgehead atoms. The maximum absolute atomic E-state index is 9.33. The van der Waals surface area contributed by atoms with Gasteiger partial charge in [0.15, 0.2) is 6.29 Å². The molecule has 1 saturated heterocycles. The molecule has 1 rings (SSSR count). The molecule has 3 heteroatoms. The van der Waals surface area contributed by atoms with Crippen LogP contribution in [0.2, 0.25) is 0 Å². The molecule has 0 aromatic heterocycles. The molecule has 0 saturated carbocycles. The zero-order chi connectivity index (χ0) is 14.4. The number of ether oxygens (including phenoxy) is 1. The van der Waals surface area contributed by atoms with E-state index in [1.54, 1.807) is 0 Å². The minimum Gasteiger partial charge on any atom is -0.368 e. The summed E-state index contributed by atoms with van der Waals surface area (Å²) >= 11 is 0. The lowest BCUT2D eigenvalue weighted by atomic mass is 9.90. The van der Waals surface area contributed by atoms with Gasteiger partial charge in [-0.25, -0.2) is 0 Å². The quantitative estimate of drug-likeness (QED) is 0.811. The van der Waals surface area contributed by atoms with Gasteiger partial charge >= 0.3 is 0 Å². The van der Waals surface area contributed by atoms with Crippen molar-refractivity contribution in [2.45, 2.75) is 85.5 Å². The zero-order valence-electron chi connectivity index (χ0n) is 13.1. The van der Waals surface area contributed by atoms with Crippen molar-refractivity contribution in [1.82, 2.24) is 0 Å². The maximum Gasteiger partial charge on any atom is 0.155 e. The fourth-order valence-electron chi connectivity index (χ4n) is 1.96. The molecule has 3 unspecified atom stereocenters. The average Bonchev–Trinajstić information content (AvgIpc) is 2.38. The van der Waals surface area contributed by atoms with E-state index in [0.717, 1.165) is 25.8 Å². The van der Waals surface area contributed by atoms with E-state index in [2.05, 4.69) is 13.8 Å². The highest BCUT2D eigenvalue weighted by molar-refractivity contribution is 4.70. The molecule has 0 radical (unpaired) electrons. The summed E-state index contributed by atoms with van der Waals surface area (Å²) in [6.45, 7) is 11.1. The minimum absolute atomic E-state index is 0.246. The number of rotatable bonds is 4. The Morgan fingerprint density at radius 1 is 1.17 bits per heavy atom. The van der Waals surface area contributed by atoms with Crippen molar-refractivity contribution in [2.24, 2.45) is 11.7 Å². The number of nitrogens with two attached hydrogens (primary N) is 1. The van der Waals surface area contributed by atoms with Crippen LogP contribution >= 0.6 is 0 Å². The van der Waals surface area contributed by atoms with Gasteiger partial charge in [0.1, 0.15) is 0 Å². The first-order chi connectivity index (χ1) is 8.63. The largest absolute Gasteiger partial charge is 0.368 e. The smallest absolute Gasteiger partial charge is 0.155 e. The molecule has 3 N–H and O–H groups in total. The fraction of sp³-hybridized carbons (Fsp3) is 1.00. The van der Waals surface area contributed by atoms with Gasteiger partial charge in [-0.3, -0.25) is 0 Å². The monoisotopic (exact) mass is 261 g/mol. The summed E-state index contributed by atoms with van der Waals surface area (Å²) in [6.07, 6.45) is 6.58. The van der Waals surface area contributed by atoms with Crippen LogP contribution in [0.4, 0.5) is 0 Å². The predicted octanol–water partition coefficient (Wildman–Crippen LogP) is 3.69. The molecule has 0 aliphatic carbocycles. The van der Waals surface area contributed by atoms with Crippen LogP contribution in [0.3, 0.4) is 0 Å². The lowest BCUT2D eigenvalue weighted by Gasteiger charge is -2.30. The molecule has 18 heavy (non-hydrogen) atoms. The van der Waals surface area contributed by atoms with Crippen molar-refractivity contribution >= 4 is 0 Å². The third-order valence-electron chi connectivity index (χ3n) is 2.84. The summed E-state index contributed by atoms with van der Waals surface area (Å²) in [4.78, 5) is 0. The lowest BCUT2D eigenvalue weighted by Crippen LogP contribution is -2.30. The molecular formula is C15H35NO2. The number of unbranched alkanes of at least 4 members (excludes halogenated alkanes) is 1. The average molecular weight is 261 g/mol. The Hall–Kier alpha value is -0.120. The van der Waals surface area contributed by atoms with Crippen LogP contribution in [0.1, 0.15) is 73.1 Å². The third-order valence-corrected chi connectivity index (χ3v) is 2.84. The van der Waals surface area contributed by atoms with Crippen molar-refractivity contribution in [3.05, 3.63) is 0 Å². The highest BCUT2D eigenvalue weighted by Gasteiger charge is 2.24. The van der Waals surface area contributed by atoms with Crippen LogP contribution in [0.15, 0.2) is 0 Å². The summed E-state index contributed by atoms with van der Waals surface area (Å²) in [5.74, 6) is 0.684. The fourth-order valence-corrected chi connectivity index (χ4v) is 1.96. The van der Waals surface area contributed by atoms with Crippen molar-refractivity contribution in [3.63, 3.8) is 0 Å². The van der Waals surface area contributed by atoms with Gasteiger partial charge in [-0.2, -0.15) is 0 Å². The second-order valence-corrected chi connectivity index (χ2v) is 4.67. The highest BCUT2D eigenvalue weighted by Crippen LogP contribution is 2.27. The first kappa shape index (κ1) is 20.2. The molecule has 3 atom stereocenters. The van der Waals surface area contributed by atoms with Gasteiger partial charge in [0.25, 0.3) is 0 Å². The Morgan fingerprint density at radius 3 is 2.11 bits per heavy atom. The minimum atomic E-state index is -0.504.